The highest BCUT2D eigenvalue weighted by molar-refractivity contribution is 7.92. The van der Waals surface area contributed by atoms with Crippen LogP contribution in [0.15, 0.2) is 16.5 Å². The van der Waals surface area contributed by atoms with Crippen molar-refractivity contribution in [3.05, 3.63) is 23.7 Å². The van der Waals surface area contributed by atoms with Gasteiger partial charge in [-0.2, -0.15) is 0 Å². The molecule has 0 fully saturated rings. The lowest BCUT2D eigenvalue weighted by Crippen LogP contribution is -2.12. The molecule has 1 aromatic rings. The minimum absolute atomic E-state index is 0.0793. The summed E-state index contributed by atoms with van der Waals surface area (Å²) in [7, 11) is -4.39. The van der Waals surface area contributed by atoms with Crippen LogP contribution in [0.5, 0.6) is 0 Å². The Balaban J connectivity index is 2.48. The van der Waals surface area contributed by atoms with Crippen LogP contribution in [0.1, 0.15) is 16.3 Å². The molecule has 0 saturated heterocycles. The standard InChI is InChI=1S/C9H12O5S2/c1-16(12,13)5-4-15(11)7-9-3-2-8(6-10)14-9/h2-3,6H,4-5,7H2,1H3. The Morgan fingerprint density at radius 3 is 2.62 bits per heavy atom. The van der Waals surface area contributed by atoms with Crippen molar-refractivity contribution < 1.29 is 21.8 Å². The fraction of sp³-hybridized carbons (Fsp3) is 0.444. The number of aldehydes is 1. The molecule has 0 aromatic carbocycles. The Bertz CT molecular complexity index is 486. The topological polar surface area (TPSA) is 81.4 Å². The molecule has 7 heteroatoms. The molecular weight excluding hydrogens is 252 g/mol. The molecule has 0 aliphatic carbocycles. The van der Waals surface area contributed by atoms with E-state index in [1.165, 1.54) is 6.07 Å². The molecule has 0 aliphatic rings. The molecule has 0 spiro atoms. The van der Waals surface area contributed by atoms with Gasteiger partial charge in [0.1, 0.15) is 15.6 Å². The first-order valence-corrected chi connectivity index (χ1v) is 8.02. The molecule has 0 N–H and O–H groups in total. The van der Waals surface area contributed by atoms with Gasteiger partial charge in [-0.15, -0.1) is 0 Å². The number of sulfone groups is 1. The van der Waals surface area contributed by atoms with Crippen LogP contribution in [0.25, 0.3) is 0 Å². The number of rotatable bonds is 6. The van der Waals surface area contributed by atoms with Gasteiger partial charge in [0.25, 0.3) is 0 Å². The van der Waals surface area contributed by atoms with Gasteiger partial charge in [0.2, 0.25) is 0 Å². The molecule has 0 amide bonds. The molecule has 0 bridgehead atoms. The summed E-state index contributed by atoms with van der Waals surface area (Å²) in [4.78, 5) is 10.3. The number of furan rings is 1. The van der Waals surface area contributed by atoms with Crippen LogP contribution >= 0.6 is 0 Å². The van der Waals surface area contributed by atoms with Crippen LogP contribution in [0, 0.1) is 0 Å². The van der Waals surface area contributed by atoms with E-state index in [0.717, 1.165) is 6.26 Å². The Morgan fingerprint density at radius 2 is 2.12 bits per heavy atom. The van der Waals surface area contributed by atoms with E-state index in [9.17, 15) is 17.4 Å². The normalized spacial score (nSPS) is 13.6. The molecule has 1 rings (SSSR count). The predicted octanol–water partition coefficient (Wildman–Crippen LogP) is 0.385. The third-order valence-corrected chi connectivity index (χ3v) is 4.25. The summed E-state index contributed by atoms with van der Waals surface area (Å²) in [6.45, 7) is 0. The summed E-state index contributed by atoms with van der Waals surface area (Å²) in [5.41, 5.74) is 0. The van der Waals surface area contributed by atoms with Crippen LogP contribution in [-0.4, -0.2) is 36.7 Å². The van der Waals surface area contributed by atoms with Crippen LogP contribution < -0.4 is 0 Å². The van der Waals surface area contributed by atoms with Crippen LogP contribution in [0.2, 0.25) is 0 Å². The Hall–Kier alpha value is -0.950. The lowest BCUT2D eigenvalue weighted by atomic mass is 10.4. The largest absolute Gasteiger partial charge is 0.457 e. The number of carbonyl (C=O) groups excluding carboxylic acids is 1. The minimum Gasteiger partial charge on any atom is -0.457 e. The smallest absolute Gasteiger partial charge is 0.185 e. The summed E-state index contributed by atoms with van der Waals surface area (Å²) in [5.74, 6) is 0.698. The molecule has 5 nitrogen and oxygen atoms in total. The zero-order chi connectivity index (χ0) is 12.2. The highest BCUT2D eigenvalue weighted by Crippen LogP contribution is 2.08. The van der Waals surface area contributed by atoms with E-state index in [1.54, 1.807) is 6.07 Å². The molecule has 1 atom stereocenters. The first-order chi connectivity index (χ1) is 7.40. The molecule has 0 aliphatic heterocycles. The highest BCUT2D eigenvalue weighted by atomic mass is 32.2. The maximum absolute atomic E-state index is 11.5. The van der Waals surface area contributed by atoms with Gasteiger partial charge >= 0.3 is 0 Å². The maximum Gasteiger partial charge on any atom is 0.185 e. The molecule has 1 aromatic heterocycles. The second-order valence-corrected chi connectivity index (χ2v) is 7.18. The van der Waals surface area contributed by atoms with Crippen molar-refractivity contribution >= 4 is 26.9 Å². The van der Waals surface area contributed by atoms with Gasteiger partial charge < -0.3 is 4.42 Å². The molecule has 16 heavy (non-hydrogen) atoms. The van der Waals surface area contributed by atoms with E-state index >= 15 is 0 Å². The number of carbonyl (C=O) groups is 1. The lowest BCUT2D eigenvalue weighted by Gasteiger charge is -1.98. The molecular formula is C9H12O5S2. The van der Waals surface area contributed by atoms with Crippen molar-refractivity contribution in [1.82, 2.24) is 0 Å². The zero-order valence-corrected chi connectivity index (χ0v) is 10.3. The first-order valence-electron chi connectivity index (χ1n) is 4.47. The summed E-state index contributed by atoms with van der Waals surface area (Å²) in [6, 6.07) is 3.04. The fourth-order valence-electron chi connectivity index (χ4n) is 1.01. The number of hydrogen-bond acceptors (Lipinski definition) is 5. The van der Waals surface area contributed by atoms with Gasteiger partial charge in [0.15, 0.2) is 12.0 Å². The third-order valence-electron chi connectivity index (χ3n) is 1.78. The second-order valence-electron chi connectivity index (χ2n) is 3.34. The van der Waals surface area contributed by atoms with Crippen molar-refractivity contribution in [3.63, 3.8) is 0 Å². The molecule has 90 valence electrons. The second kappa shape index (κ2) is 5.40. The van der Waals surface area contributed by atoms with Crippen molar-refractivity contribution in [1.29, 1.82) is 0 Å². The Morgan fingerprint density at radius 1 is 1.44 bits per heavy atom. The van der Waals surface area contributed by atoms with Crippen LogP contribution in [-0.2, 0) is 26.4 Å². The zero-order valence-electron chi connectivity index (χ0n) is 8.71. The van der Waals surface area contributed by atoms with Gasteiger partial charge in [0, 0.05) is 22.8 Å². The van der Waals surface area contributed by atoms with Gasteiger partial charge in [-0.3, -0.25) is 9.00 Å². The van der Waals surface area contributed by atoms with Crippen molar-refractivity contribution in [3.8, 4) is 0 Å². The quantitative estimate of drug-likeness (QED) is 0.694. The van der Waals surface area contributed by atoms with Crippen LogP contribution in [0.4, 0.5) is 0 Å². The molecule has 1 unspecified atom stereocenters. The van der Waals surface area contributed by atoms with E-state index in [2.05, 4.69) is 0 Å². The summed E-state index contributed by atoms with van der Waals surface area (Å²) < 4.78 is 38.1. The third kappa shape index (κ3) is 4.71. The fourth-order valence-corrected chi connectivity index (χ4v) is 3.58. The van der Waals surface area contributed by atoms with Crippen LogP contribution in [0.3, 0.4) is 0 Å². The Labute approximate surface area is 96.2 Å². The average molecular weight is 264 g/mol. The summed E-state index contributed by atoms with van der Waals surface area (Å²) in [6.07, 6.45) is 1.66. The monoisotopic (exact) mass is 264 g/mol. The van der Waals surface area contributed by atoms with Gasteiger partial charge in [0.05, 0.1) is 11.5 Å². The summed E-state index contributed by atoms with van der Waals surface area (Å²) in [5, 5.41) is 0. The van der Waals surface area contributed by atoms with Gasteiger partial charge in [-0.05, 0) is 12.1 Å². The Kier molecular flexibility index (Phi) is 4.43. The lowest BCUT2D eigenvalue weighted by molar-refractivity contribution is 0.109. The predicted molar refractivity (Wildman–Crippen MR) is 60.5 cm³/mol. The van der Waals surface area contributed by atoms with Gasteiger partial charge in [-0.1, -0.05) is 0 Å². The van der Waals surface area contributed by atoms with Gasteiger partial charge in [-0.25, -0.2) is 8.42 Å². The van der Waals surface area contributed by atoms with Crippen molar-refractivity contribution in [2.24, 2.45) is 0 Å². The first kappa shape index (κ1) is 13.1. The maximum atomic E-state index is 11.5. The van der Waals surface area contributed by atoms with E-state index in [1.807, 2.05) is 0 Å². The van der Waals surface area contributed by atoms with E-state index in [0.29, 0.717) is 12.0 Å². The molecule has 0 radical (unpaired) electrons. The van der Waals surface area contributed by atoms with E-state index in [4.69, 9.17) is 4.42 Å². The summed E-state index contributed by atoms with van der Waals surface area (Å²) >= 11 is 0. The highest BCUT2D eigenvalue weighted by Gasteiger charge is 2.09. The van der Waals surface area contributed by atoms with Crippen molar-refractivity contribution in [2.45, 2.75) is 5.75 Å². The SMILES string of the molecule is CS(=O)(=O)CCS(=O)Cc1ccc(C=O)o1. The van der Waals surface area contributed by atoms with Crippen molar-refractivity contribution in [2.75, 3.05) is 17.8 Å². The molecule has 0 saturated carbocycles. The number of hydrogen-bond donors (Lipinski definition) is 0. The van der Waals surface area contributed by atoms with E-state index < -0.39 is 20.6 Å². The average Bonchev–Trinajstić information content (AvgIpc) is 2.61. The van der Waals surface area contributed by atoms with E-state index in [-0.39, 0.29) is 23.0 Å². The minimum atomic E-state index is -3.09. The molecule has 1 heterocycles.